The predicted molar refractivity (Wildman–Crippen MR) is 23.0 cm³/mol. The van der Waals surface area contributed by atoms with Crippen LogP contribution in [0.25, 0.3) is 0 Å². The van der Waals surface area contributed by atoms with Gasteiger partial charge in [0.2, 0.25) is 0 Å². The molecule has 0 saturated carbocycles. The van der Waals surface area contributed by atoms with Gasteiger partial charge in [-0.3, -0.25) is 4.79 Å². The minimum absolute atomic E-state index is 0.473. The van der Waals surface area contributed by atoms with Gasteiger partial charge in [-0.25, -0.2) is 0 Å². The molecular formula is C4H3F5O2. The first kappa shape index (κ1) is 10.1. The smallest absolute Gasteiger partial charge is 0.456 e. The van der Waals surface area contributed by atoms with E-state index < -0.39 is 25.2 Å². The third-order valence-corrected chi connectivity index (χ3v) is 0.747. The van der Waals surface area contributed by atoms with Crippen molar-refractivity contribution >= 4 is 6.47 Å². The van der Waals surface area contributed by atoms with E-state index in [2.05, 4.69) is 4.74 Å². The van der Waals surface area contributed by atoms with Gasteiger partial charge in [0.05, 0.1) is 0 Å². The van der Waals surface area contributed by atoms with E-state index in [0.29, 0.717) is 0 Å². The van der Waals surface area contributed by atoms with Crippen LogP contribution in [0.15, 0.2) is 0 Å². The van der Waals surface area contributed by atoms with Gasteiger partial charge in [-0.1, -0.05) is 0 Å². The molecule has 0 aromatic heterocycles. The highest BCUT2D eigenvalue weighted by Gasteiger charge is 2.58. The normalized spacial score (nSPS) is 12.8. The number of alkyl halides is 5. The molecule has 0 saturated heterocycles. The molecule has 0 spiro atoms. The van der Waals surface area contributed by atoms with Crippen LogP contribution in [0.5, 0.6) is 0 Å². The largest absolute Gasteiger partial charge is 0.461 e. The summed E-state index contributed by atoms with van der Waals surface area (Å²) in [6.45, 7) is -2.44. The fourth-order valence-electron chi connectivity index (χ4n) is 0.221. The molecule has 0 unspecified atom stereocenters. The van der Waals surface area contributed by atoms with Crippen molar-refractivity contribution in [2.24, 2.45) is 0 Å². The van der Waals surface area contributed by atoms with Gasteiger partial charge in [0.15, 0.2) is 6.61 Å². The second kappa shape index (κ2) is 3.02. The number of carbonyl (C=O) groups is 1. The van der Waals surface area contributed by atoms with Crippen LogP contribution in [-0.4, -0.2) is 25.2 Å². The van der Waals surface area contributed by atoms with Crippen molar-refractivity contribution in [3.8, 4) is 0 Å². The lowest BCUT2D eigenvalue weighted by Gasteiger charge is -2.17. The van der Waals surface area contributed by atoms with Gasteiger partial charge in [-0.2, -0.15) is 22.0 Å². The number of rotatable bonds is 3. The number of hydrogen-bond donors (Lipinski definition) is 0. The monoisotopic (exact) mass is 178 g/mol. The van der Waals surface area contributed by atoms with Crippen molar-refractivity contribution in [2.75, 3.05) is 6.61 Å². The lowest BCUT2D eigenvalue weighted by Crippen LogP contribution is -2.40. The quantitative estimate of drug-likeness (QED) is 0.481. The third kappa shape index (κ3) is 2.69. The van der Waals surface area contributed by atoms with Crippen LogP contribution in [-0.2, 0) is 9.53 Å². The first-order valence-electron chi connectivity index (χ1n) is 2.31. The van der Waals surface area contributed by atoms with Crippen LogP contribution in [0.2, 0.25) is 0 Å². The molecule has 11 heavy (non-hydrogen) atoms. The van der Waals surface area contributed by atoms with E-state index in [9.17, 15) is 26.7 Å². The van der Waals surface area contributed by atoms with Crippen LogP contribution >= 0.6 is 0 Å². The average Bonchev–Trinajstić information content (AvgIpc) is 1.81. The summed E-state index contributed by atoms with van der Waals surface area (Å²) < 4.78 is 60.3. The standard InChI is InChI=1S/C4H3F5O2/c5-3(6,1-11-2-10)4(7,8)9/h2H,1H2. The maximum Gasteiger partial charge on any atom is 0.456 e. The highest BCUT2D eigenvalue weighted by molar-refractivity contribution is 5.37. The molecule has 0 bridgehead atoms. The molecule has 0 amide bonds. The minimum Gasteiger partial charge on any atom is -0.461 e. The van der Waals surface area contributed by atoms with Crippen molar-refractivity contribution in [3.63, 3.8) is 0 Å². The summed E-state index contributed by atoms with van der Waals surface area (Å²) in [5.74, 6) is -4.96. The number of carbonyl (C=O) groups excluding carboxylic acids is 1. The molecule has 2 nitrogen and oxygen atoms in total. The Kier molecular flexibility index (Phi) is 2.77. The number of halogens is 5. The lowest BCUT2D eigenvalue weighted by molar-refractivity contribution is -0.293. The average molecular weight is 178 g/mol. The zero-order valence-corrected chi connectivity index (χ0v) is 4.99. The maximum absolute atomic E-state index is 11.7. The molecule has 0 aromatic rings. The molecule has 66 valence electrons. The Bertz CT molecular complexity index is 140. The van der Waals surface area contributed by atoms with E-state index in [1.165, 1.54) is 0 Å². The second-order valence-corrected chi connectivity index (χ2v) is 1.61. The first-order chi connectivity index (χ1) is 4.81. The highest BCUT2D eigenvalue weighted by atomic mass is 19.4. The van der Waals surface area contributed by atoms with Gasteiger partial charge < -0.3 is 4.74 Å². The van der Waals surface area contributed by atoms with Gasteiger partial charge in [0.25, 0.3) is 6.47 Å². The topological polar surface area (TPSA) is 26.3 Å². The number of hydrogen-bond acceptors (Lipinski definition) is 2. The predicted octanol–water partition coefficient (Wildman–Crippen LogP) is 1.36. The van der Waals surface area contributed by atoms with Crippen LogP contribution in [0.1, 0.15) is 0 Å². The zero-order valence-electron chi connectivity index (χ0n) is 4.99. The molecule has 0 aromatic carbocycles. The summed E-state index contributed by atoms with van der Waals surface area (Å²) in [6.07, 6.45) is -5.67. The maximum atomic E-state index is 11.7. The minimum atomic E-state index is -5.67. The molecule has 7 heteroatoms. The summed E-state index contributed by atoms with van der Waals surface area (Å²) in [5, 5.41) is 0. The van der Waals surface area contributed by atoms with Crippen molar-refractivity contribution in [2.45, 2.75) is 12.1 Å². The van der Waals surface area contributed by atoms with Gasteiger partial charge in [0.1, 0.15) is 0 Å². The van der Waals surface area contributed by atoms with Crippen molar-refractivity contribution in [3.05, 3.63) is 0 Å². The number of ether oxygens (including phenoxy) is 1. The van der Waals surface area contributed by atoms with Gasteiger partial charge in [-0.15, -0.1) is 0 Å². The van der Waals surface area contributed by atoms with E-state index in [1.54, 1.807) is 0 Å². The Hall–Kier alpha value is -0.880. The molecule has 0 aliphatic rings. The molecule has 0 rings (SSSR count). The fraction of sp³-hybridized carbons (Fsp3) is 0.750. The van der Waals surface area contributed by atoms with Gasteiger partial charge >= 0.3 is 12.1 Å². The third-order valence-electron chi connectivity index (χ3n) is 0.747. The van der Waals surface area contributed by atoms with E-state index >= 15 is 0 Å². The molecule has 0 heterocycles. The van der Waals surface area contributed by atoms with Crippen LogP contribution in [0, 0.1) is 0 Å². The van der Waals surface area contributed by atoms with Crippen molar-refractivity contribution in [1.29, 1.82) is 0 Å². The van der Waals surface area contributed by atoms with E-state index in [-0.39, 0.29) is 0 Å². The SMILES string of the molecule is O=COCC(F)(F)C(F)(F)F. The van der Waals surface area contributed by atoms with Crippen molar-refractivity contribution in [1.82, 2.24) is 0 Å². The summed E-state index contributed by atoms with van der Waals surface area (Å²) in [4.78, 5) is 9.26. The zero-order chi connectivity index (χ0) is 9.12. The molecule has 0 radical (unpaired) electrons. The van der Waals surface area contributed by atoms with Crippen LogP contribution in [0.3, 0.4) is 0 Å². The van der Waals surface area contributed by atoms with Gasteiger partial charge in [-0.05, 0) is 0 Å². The Morgan fingerprint density at radius 2 is 1.64 bits per heavy atom. The summed E-state index contributed by atoms with van der Waals surface area (Å²) in [7, 11) is 0. The molecular weight excluding hydrogens is 175 g/mol. The van der Waals surface area contributed by atoms with Gasteiger partial charge in [0, 0.05) is 0 Å². The van der Waals surface area contributed by atoms with Crippen LogP contribution in [0.4, 0.5) is 22.0 Å². The summed E-state index contributed by atoms with van der Waals surface area (Å²) >= 11 is 0. The first-order valence-corrected chi connectivity index (χ1v) is 2.31. The van der Waals surface area contributed by atoms with Crippen molar-refractivity contribution < 1.29 is 31.5 Å². The summed E-state index contributed by atoms with van der Waals surface area (Å²) in [5.41, 5.74) is 0. The Balaban J connectivity index is 4.10. The van der Waals surface area contributed by atoms with Crippen LogP contribution < -0.4 is 0 Å². The van der Waals surface area contributed by atoms with E-state index in [4.69, 9.17) is 0 Å². The van der Waals surface area contributed by atoms with E-state index in [0.717, 1.165) is 0 Å². The Morgan fingerprint density at radius 3 is 1.91 bits per heavy atom. The second-order valence-electron chi connectivity index (χ2n) is 1.61. The molecule has 0 fully saturated rings. The summed E-state index contributed by atoms with van der Waals surface area (Å²) in [6, 6.07) is 0. The Labute approximate surface area is 57.9 Å². The molecule has 0 N–H and O–H groups in total. The molecule has 0 atom stereocenters. The van der Waals surface area contributed by atoms with E-state index in [1.807, 2.05) is 0 Å². The molecule has 0 aliphatic carbocycles. The Morgan fingerprint density at radius 1 is 1.18 bits per heavy atom. The fourth-order valence-corrected chi connectivity index (χ4v) is 0.221. The molecule has 0 aliphatic heterocycles. The lowest BCUT2D eigenvalue weighted by atomic mass is 10.3. The highest BCUT2D eigenvalue weighted by Crippen LogP contribution is 2.35.